The topological polar surface area (TPSA) is 38.0 Å². The Morgan fingerprint density at radius 1 is 0.309 bits per heavy atom. The van der Waals surface area contributed by atoms with E-state index in [0.29, 0.717) is 11.3 Å². The van der Waals surface area contributed by atoms with Crippen molar-refractivity contribution in [1.82, 2.24) is 9.13 Å². The van der Waals surface area contributed by atoms with Crippen molar-refractivity contribution in [3.8, 4) is 84.2 Å². The van der Waals surface area contributed by atoms with Crippen molar-refractivity contribution in [1.29, 1.82) is 5.26 Å². The maximum Gasteiger partial charge on any atom is 0.195 e. The van der Waals surface area contributed by atoms with Crippen LogP contribution in [0, 0.1) is 80.2 Å². The van der Waals surface area contributed by atoms with Crippen LogP contribution in [0.25, 0.3) is 127 Å². The Kier molecular flexibility index (Phi) is 12.3. The van der Waals surface area contributed by atoms with Crippen molar-refractivity contribution >= 4 is 49.3 Å². The van der Waals surface area contributed by atoms with Crippen molar-refractivity contribution < 1.29 is 0 Å². The van der Waals surface area contributed by atoms with Gasteiger partial charge in [0.25, 0.3) is 0 Å². The maximum absolute atomic E-state index is 10.9. The van der Waals surface area contributed by atoms with Gasteiger partial charge in [-0.2, -0.15) is 5.26 Å². The summed E-state index contributed by atoms with van der Waals surface area (Å²) in [6.45, 7) is 27.8. The molecule has 4 nitrogen and oxygen atoms in total. The van der Waals surface area contributed by atoms with E-state index in [4.69, 9.17) is 6.57 Å². The van der Waals surface area contributed by atoms with E-state index < -0.39 is 0 Å². The van der Waals surface area contributed by atoms with Gasteiger partial charge in [-0.15, -0.1) is 0 Å². The Morgan fingerprint density at radius 2 is 0.642 bits per heavy atom. The highest BCUT2D eigenvalue weighted by atomic mass is 15.0. The number of nitrogens with zero attached hydrogens (tertiary/aromatic N) is 4. The molecule has 0 bridgehead atoms. The molecule has 0 spiro atoms. The van der Waals surface area contributed by atoms with Crippen molar-refractivity contribution in [2.75, 3.05) is 0 Å². The van der Waals surface area contributed by atoms with Gasteiger partial charge in [0.15, 0.2) is 5.69 Å². The van der Waals surface area contributed by atoms with Gasteiger partial charge in [0, 0.05) is 32.7 Å². The molecule has 0 fully saturated rings. The number of hydrogen-bond donors (Lipinski definition) is 0. The monoisotopic (exact) mass is 1040 g/mol. The number of benzene rings is 11. The first-order valence-corrected chi connectivity index (χ1v) is 27.9. The molecule has 2 heterocycles. The summed E-state index contributed by atoms with van der Waals surface area (Å²) in [5.41, 5.74) is 31.4. The summed E-state index contributed by atoms with van der Waals surface area (Å²) in [5, 5.41) is 15.4. The highest BCUT2D eigenvalue weighted by molar-refractivity contribution is 6.14. The standard InChI is InChI=1S/C77H60N4/c1-45-11-22-60(50(6)33-45)55-17-28-73-67(39-55)68-40-56(61-23-12-46(2)34-51(61)7)18-29-74(68)80(73)72-32-21-59(64-26-15-49(5)37-71(64)79-10)43-66(72)65-27-16-54(44-78)38-77(65)81-75-30-19-57(62-24-13-47(3)35-52(62)8)41-69(75)70-42-58(20-31-76(70)81)63-25-14-48(4)36-53(63)9/h11-43H,1-9H3. The lowest BCUT2D eigenvalue weighted by molar-refractivity contribution is 1.16. The van der Waals surface area contributed by atoms with Gasteiger partial charge in [0.2, 0.25) is 0 Å². The van der Waals surface area contributed by atoms with E-state index in [1.54, 1.807) is 0 Å². The first kappa shape index (κ1) is 50.5. The van der Waals surface area contributed by atoms with Crippen LogP contribution in [0.4, 0.5) is 5.69 Å². The zero-order valence-electron chi connectivity index (χ0n) is 47.3. The van der Waals surface area contributed by atoms with Crippen LogP contribution in [0.5, 0.6) is 0 Å². The number of nitriles is 1. The minimum atomic E-state index is 0.559. The van der Waals surface area contributed by atoms with Crippen LogP contribution < -0.4 is 0 Å². The van der Waals surface area contributed by atoms with Gasteiger partial charge in [0.05, 0.1) is 51.6 Å². The average Bonchev–Trinajstić information content (AvgIpc) is 4.22. The summed E-state index contributed by atoms with van der Waals surface area (Å²) in [5.74, 6) is 0. The summed E-state index contributed by atoms with van der Waals surface area (Å²) in [6, 6.07) is 76.0. The smallest absolute Gasteiger partial charge is 0.195 e. The average molecular weight is 1040 g/mol. The Hall–Kier alpha value is -10.0. The van der Waals surface area contributed by atoms with E-state index in [1.807, 2.05) is 19.1 Å². The van der Waals surface area contributed by atoms with Crippen LogP contribution >= 0.6 is 0 Å². The van der Waals surface area contributed by atoms with Gasteiger partial charge in [-0.3, -0.25) is 0 Å². The van der Waals surface area contributed by atoms with Gasteiger partial charge in [0.1, 0.15) is 0 Å². The summed E-state index contributed by atoms with van der Waals surface area (Å²) in [7, 11) is 0. The molecule has 4 heteroatoms. The van der Waals surface area contributed by atoms with E-state index in [0.717, 1.165) is 93.9 Å². The first-order valence-electron chi connectivity index (χ1n) is 27.9. The van der Waals surface area contributed by atoms with E-state index in [2.05, 4.69) is 263 Å². The molecule has 0 amide bonds. The summed E-state index contributed by atoms with van der Waals surface area (Å²) in [4.78, 5) is 4.08. The third-order valence-corrected chi connectivity index (χ3v) is 16.8. The summed E-state index contributed by atoms with van der Waals surface area (Å²) in [6.07, 6.45) is 0. The minimum absolute atomic E-state index is 0.559. The van der Waals surface area contributed by atoms with Crippen LogP contribution in [-0.4, -0.2) is 9.13 Å². The lowest BCUT2D eigenvalue weighted by Gasteiger charge is -2.20. The fourth-order valence-electron chi connectivity index (χ4n) is 12.9. The molecule has 0 atom stereocenters. The van der Waals surface area contributed by atoms with E-state index in [9.17, 15) is 5.26 Å². The van der Waals surface area contributed by atoms with Crippen LogP contribution in [0.2, 0.25) is 0 Å². The molecule has 0 radical (unpaired) electrons. The van der Waals surface area contributed by atoms with E-state index >= 15 is 0 Å². The molecule has 11 aromatic carbocycles. The Labute approximate surface area is 474 Å². The molecule has 0 N–H and O–H groups in total. The second kappa shape index (κ2) is 19.7. The molecular formula is C77H60N4. The number of aromatic nitrogens is 2. The van der Waals surface area contributed by atoms with Crippen LogP contribution in [0.1, 0.15) is 55.6 Å². The predicted molar refractivity (Wildman–Crippen MR) is 341 cm³/mol. The SMILES string of the molecule is [C-]#[N+]c1cc(C)ccc1-c1ccc(-n2c3ccc(-c4ccc(C)cc4C)cc3c3cc(-c4ccc(C)cc4C)ccc32)c(-c2ccc(C#N)cc2-n2c3ccc(-c4ccc(C)cc4C)cc3c3cc(-c4ccc(C)cc4C)ccc32)c1. The highest BCUT2D eigenvalue weighted by Gasteiger charge is 2.24. The van der Waals surface area contributed by atoms with E-state index in [1.165, 1.54) is 77.9 Å². The first-order chi connectivity index (χ1) is 39.2. The Morgan fingerprint density at radius 3 is 1.01 bits per heavy atom. The number of rotatable bonds is 8. The summed E-state index contributed by atoms with van der Waals surface area (Å²) >= 11 is 0. The van der Waals surface area contributed by atoms with Crippen molar-refractivity contribution in [2.45, 2.75) is 62.3 Å². The normalized spacial score (nSPS) is 11.5. The minimum Gasteiger partial charge on any atom is -0.309 e. The zero-order valence-corrected chi connectivity index (χ0v) is 47.3. The molecule has 81 heavy (non-hydrogen) atoms. The third kappa shape index (κ3) is 8.69. The van der Waals surface area contributed by atoms with Crippen LogP contribution in [0.3, 0.4) is 0 Å². The van der Waals surface area contributed by atoms with E-state index in [-0.39, 0.29) is 0 Å². The molecule has 0 aliphatic rings. The summed E-state index contributed by atoms with van der Waals surface area (Å²) < 4.78 is 4.82. The van der Waals surface area contributed by atoms with Gasteiger partial charge in [-0.1, -0.05) is 155 Å². The number of fused-ring (bicyclic) bond motifs is 6. The fraction of sp³-hybridized carbons (Fsp3) is 0.117. The quantitative estimate of drug-likeness (QED) is 0.140. The maximum atomic E-state index is 10.9. The van der Waals surface area contributed by atoms with Crippen molar-refractivity contribution in [3.05, 3.63) is 267 Å². The second-order valence-corrected chi connectivity index (χ2v) is 22.6. The van der Waals surface area contributed by atoms with Crippen molar-refractivity contribution in [3.63, 3.8) is 0 Å². The number of hydrogen-bond acceptors (Lipinski definition) is 1. The molecule has 0 saturated heterocycles. The molecule has 13 rings (SSSR count). The van der Waals surface area contributed by atoms with Crippen LogP contribution in [-0.2, 0) is 0 Å². The van der Waals surface area contributed by atoms with Gasteiger partial charge in [-0.25, -0.2) is 4.85 Å². The molecule has 0 unspecified atom stereocenters. The lowest BCUT2D eigenvalue weighted by atomic mass is 9.93. The van der Waals surface area contributed by atoms with Crippen LogP contribution in [0.15, 0.2) is 200 Å². The predicted octanol–water partition coefficient (Wildman–Crippen LogP) is 21.1. The van der Waals surface area contributed by atoms with Crippen molar-refractivity contribution in [2.24, 2.45) is 0 Å². The molecule has 0 aliphatic heterocycles. The Bertz CT molecular complexity index is 4670. The molecule has 2 aromatic heterocycles. The highest BCUT2D eigenvalue weighted by Crippen LogP contribution is 2.46. The lowest BCUT2D eigenvalue weighted by Crippen LogP contribution is -2.03. The Balaban J connectivity index is 1.13. The molecule has 13 aromatic rings. The van der Waals surface area contributed by atoms with Gasteiger partial charge in [-0.05, 0) is 213 Å². The molecule has 388 valence electrons. The van der Waals surface area contributed by atoms with Gasteiger partial charge < -0.3 is 9.13 Å². The second-order valence-electron chi connectivity index (χ2n) is 22.6. The zero-order chi connectivity index (χ0) is 56.0. The fourth-order valence-corrected chi connectivity index (χ4v) is 12.9. The largest absolute Gasteiger partial charge is 0.309 e. The molecule has 0 saturated carbocycles. The molecule has 0 aliphatic carbocycles. The third-order valence-electron chi connectivity index (χ3n) is 16.8. The van der Waals surface area contributed by atoms with Gasteiger partial charge >= 0.3 is 0 Å². The number of aryl methyl sites for hydroxylation is 9. The molecular weight excluding hydrogens is 981 g/mol.